The lowest BCUT2D eigenvalue weighted by molar-refractivity contribution is 0.606. The third kappa shape index (κ3) is 1.61. The molecule has 2 atom stereocenters. The lowest BCUT2D eigenvalue weighted by atomic mass is 10.3. The maximum absolute atomic E-state index is 10.5. The Morgan fingerprint density at radius 3 is 2.60 bits per heavy atom. The van der Waals surface area contributed by atoms with Crippen molar-refractivity contribution >= 4 is 19.7 Å². The average molecular weight is 180 g/mol. The number of hydrogen-bond donors (Lipinski definition) is 0. The normalized spacial score (nSPS) is 31.2. The van der Waals surface area contributed by atoms with Crippen molar-refractivity contribution in [2.24, 2.45) is 5.92 Å². The van der Waals surface area contributed by atoms with Crippen LogP contribution in [-0.2, 0) is 9.05 Å². The van der Waals surface area contributed by atoms with Gasteiger partial charge in [0.2, 0.25) is 9.05 Å². The summed E-state index contributed by atoms with van der Waals surface area (Å²) in [4.78, 5) is 0. The van der Waals surface area contributed by atoms with Crippen molar-refractivity contribution in [3.05, 3.63) is 0 Å². The van der Waals surface area contributed by atoms with E-state index in [1.165, 1.54) is 0 Å². The first-order valence-corrected chi connectivity index (χ1v) is 5.23. The zero-order valence-corrected chi connectivity index (χ0v) is 6.69. The van der Waals surface area contributed by atoms with Gasteiger partial charge in [-0.1, -0.05) is 0 Å². The fourth-order valence-corrected chi connectivity index (χ4v) is 2.58. The summed E-state index contributed by atoms with van der Waals surface area (Å²) in [6.07, 6.45) is 0.857. The molecule has 56 valence electrons. The summed E-state index contributed by atoms with van der Waals surface area (Å²) in [6.45, 7) is 0. The Kier molecular flexibility index (Phi) is 1.88. The largest absolute Gasteiger partial charge is 0.235 e. The van der Waals surface area contributed by atoms with Gasteiger partial charge in [0.15, 0.2) is 0 Å². The monoisotopic (exact) mass is 179 g/mol. The molecule has 0 spiro atoms. The molecule has 0 aromatic rings. The van der Waals surface area contributed by atoms with E-state index >= 15 is 0 Å². The Morgan fingerprint density at radius 2 is 2.30 bits per heavy atom. The highest BCUT2D eigenvalue weighted by Gasteiger charge is 2.46. The quantitative estimate of drug-likeness (QED) is 0.591. The van der Waals surface area contributed by atoms with Crippen LogP contribution >= 0.6 is 10.7 Å². The second kappa shape index (κ2) is 2.40. The molecule has 0 N–H and O–H groups in total. The SMILES string of the molecule is N#CCC1CC1S(=O)(=O)Cl. The van der Waals surface area contributed by atoms with Gasteiger partial charge in [0, 0.05) is 17.1 Å². The molecular formula is C5H6ClNO2S. The minimum Gasteiger partial charge on any atom is -0.212 e. The Hall–Kier alpha value is -0.270. The summed E-state index contributed by atoms with van der Waals surface area (Å²) in [5.74, 6) is -0.00694. The Morgan fingerprint density at radius 1 is 1.70 bits per heavy atom. The van der Waals surface area contributed by atoms with Gasteiger partial charge in [-0.25, -0.2) is 8.42 Å². The first-order chi connectivity index (χ1) is 4.55. The van der Waals surface area contributed by atoms with Crippen LogP contribution in [-0.4, -0.2) is 13.7 Å². The number of halogens is 1. The van der Waals surface area contributed by atoms with Crippen LogP contribution in [0.3, 0.4) is 0 Å². The molecule has 0 aromatic heterocycles. The molecule has 1 rings (SSSR count). The summed E-state index contributed by atoms with van der Waals surface area (Å²) in [7, 11) is 1.64. The summed E-state index contributed by atoms with van der Waals surface area (Å²) in [6, 6.07) is 1.91. The zero-order valence-electron chi connectivity index (χ0n) is 5.12. The smallest absolute Gasteiger partial charge is 0.212 e. The van der Waals surface area contributed by atoms with Gasteiger partial charge in [-0.05, 0) is 12.3 Å². The molecule has 1 aliphatic rings. The van der Waals surface area contributed by atoms with E-state index in [0.29, 0.717) is 12.8 Å². The maximum atomic E-state index is 10.5. The number of nitrogens with zero attached hydrogens (tertiary/aromatic N) is 1. The number of hydrogen-bond acceptors (Lipinski definition) is 3. The first-order valence-electron chi connectivity index (χ1n) is 2.86. The third-order valence-corrected chi connectivity index (χ3v) is 3.56. The van der Waals surface area contributed by atoms with E-state index < -0.39 is 14.3 Å². The van der Waals surface area contributed by atoms with E-state index in [9.17, 15) is 8.42 Å². The molecule has 1 fully saturated rings. The van der Waals surface area contributed by atoms with Gasteiger partial charge in [-0.3, -0.25) is 0 Å². The van der Waals surface area contributed by atoms with Crippen LogP contribution in [0.1, 0.15) is 12.8 Å². The highest BCUT2D eigenvalue weighted by molar-refractivity contribution is 8.14. The fourth-order valence-electron chi connectivity index (χ4n) is 0.897. The molecule has 0 aromatic carbocycles. The molecule has 0 heterocycles. The summed E-state index contributed by atoms with van der Waals surface area (Å²) in [5, 5.41) is 7.72. The fraction of sp³-hybridized carbons (Fsp3) is 0.800. The molecule has 0 saturated heterocycles. The zero-order chi connectivity index (χ0) is 7.78. The maximum Gasteiger partial charge on any atom is 0.235 e. The van der Waals surface area contributed by atoms with E-state index in [1.54, 1.807) is 0 Å². The summed E-state index contributed by atoms with van der Waals surface area (Å²) < 4.78 is 21.1. The lowest BCUT2D eigenvalue weighted by Gasteiger charge is -1.87. The van der Waals surface area contributed by atoms with Crippen LogP contribution in [0.15, 0.2) is 0 Å². The topological polar surface area (TPSA) is 57.9 Å². The number of nitriles is 1. The van der Waals surface area contributed by atoms with Crippen LogP contribution in [0, 0.1) is 17.2 Å². The van der Waals surface area contributed by atoms with Crippen molar-refractivity contribution in [1.29, 1.82) is 5.26 Å². The summed E-state index contributed by atoms with van der Waals surface area (Å²) in [5.41, 5.74) is 0. The van der Waals surface area contributed by atoms with Gasteiger partial charge in [0.05, 0.1) is 11.3 Å². The summed E-state index contributed by atoms with van der Waals surface area (Å²) >= 11 is 0. The van der Waals surface area contributed by atoms with Crippen LogP contribution in [0.5, 0.6) is 0 Å². The van der Waals surface area contributed by atoms with E-state index in [1.807, 2.05) is 6.07 Å². The molecule has 0 aliphatic heterocycles. The van der Waals surface area contributed by atoms with Gasteiger partial charge in [0.1, 0.15) is 0 Å². The molecule has 0 bridgehead atoms. The Bertz CT molecular complexity index is 266. The van der Waals surface area contributed by atoms with E-state index in [-0.39, 0.29) is 5.92 Å². The minimum absolute atomic E-state index is 0.00694. The van der Waals surface area contributed by atoms with Gasteiger partial charge < -0.3 is 0 Å². The van der Waals surface area contributed by atoms with Crippen LogP contribution < -0.4 is 0 Å². The highest BCUT2D eigenvalue weighted by atomic mass is 35.7. The van der Waals surface area contributed by atoms with E-state index in [2.05, 4.69) is 0 Å². The molecule has 10 heavy (non-hydrogen) atoms. The molecular weight excluding hydrogens is 174 g/mol. The molecule has 0 amide bonds. The molecule has 1 saturated carbocycles. The van der Waals surface area contributed by atoms with Gasteiger partial charge in [0.25, 0.3) is 0 Å². The van der Waals surface area contributed by atoms with Crippen LogP contribution in [0.2, 0.25) is 0 Å². The van der Waals surface area contributed by atoms with Crippen molar-refractivity contribution in [2.75, 3.05) is 0 Å². The molecule has 3 nitrogen and oxygen atoms in total. The van der Waals surface area contributed by atoms with Crippen molar-refractivity contribution in [3.63, 3.8) is 0 Å². The van der Waals surface area contributed by atoms with Gasteiger partial charge in [-0.15, -0.1) is 0 Å². The first kappa shape index (κ1) is 7.83. The predicted molar refractivity (Wildman–Crippen MR) is 36.9 cm³/mol. The molecule has 0 radical (unpaired) electrons. The van der Waals surface area contributed by atoms with E-state index in [4.69, 9.17) is 15.9 Å². The predicted octanol–water partition coefficient (Wildman–Crippen LogP) is 0.857. The van der Waals surface area contributed by atoms with Gasteiger partial charge >= 0.3 is 0 Å². The molecule has 1 aliphatic carbocycles. The standard InChI is InChI=1S/C5H6ClNO2S/c6-10(8,9)5-3-4(5)1-2-7/h4-5H,1,3H2. The lowest BCUT2D eigenvalue weighted by Crippen LogP contribution is -1.99. The van der Waals surface area contributed by atoms with Gasteiger partial charge in [-0.2, -0.15) is 5.26 Å². The molecule has 5 heteroatoms. The molecule has 2 unspecified atom stereocenters. The number of rotatable bonds is 2. The Labute approximate surface area is 64.0 Å². The van der Waals surface area contributed by atoms with Crippen molar-refractivity contribution in [2.45, 2.75) is 18.1 Å². The van der Waals surface area contributed by atoms with E-state index in [0.717, 1.165) is 0 Å². The van der Waals surface area contributed by atoms with Crippen molar-refractivity contribution in [1.82, 2.24) is 0 Å². The second-order valence-corrected chi connectivity index (χ2v) is 5.22. The van der Waals surface area contributed by atoms with Crippen molar-refractivity contribution in [3.8, 4) is 6.07 Å². The third-order valence-electron chi connectivity index (χ3n) is 1.57. The van der Waals surface area contributed by atoms with Crippen LogP contribution in [0.25, 0.3) is 0 Å². The van der Waals surface area contributed by atoms with Crippen LogP contribution in [0.4, 0.5) is 0 Å². The second-order valence-electron chi connectivity index (χ2n) is 2.37. The average Bonchev–Trinajstić information content (AvgIpc) is 2.44. The van der Waals surface area contributed by atoms with Crippen molar-refractivity contribution < 1.29 is 8.42 Å². The Balaban J connectivity index is 2.49. The minimum atomic E-state index is -3.38. The highest BCUT2D eigenvalue weighted by Crippen LogP contribution is 2.41.